The number of amides is 3. The SMILES string of the molecule is COc1ccc2cn(CC3(c4ccc(Br)cc4)NC(=O)NC3=O)c(O)c2c1. The number of halogens is 1. The van der Waals surface area contributed by atoms with E-state index >= 15 is 0 Å². The second-order valence-corrected chi connectivity index (χ2v) is 7.27. The number of nitrogens with zero attached hydrogens (tertiary/aromatic N) is 1. The van der Waals surface area contributed by atoms with Crippen LogP contribution in [0, 0.1) is 0 Å². The number of urea groups is 1. The van der Waals surface area contributed by atoms with Crippen molar-refractivity contribution in [1.82, 2.24) is 15.2 Å². The van der Waals surface area contributed by atoms with E-state index in [1.165, 1.54) is 0 Å². The lowest BCUT2D eigenvalue weighted by molar-refractivity contribution is -0.124. The van der Waals surface area contributed by atoms with E-state index in [0.717, 1.165) is 9.86 Å². The van der Waals surface area contributed by atoms with Gasteiger partial charge in [-0.3, -0.25) is 10.1 Å². The predicted molar refractivity (Wildman–Crippen MR) is 103 cm³/mol. The van der Waals surface area contributed by atoms with Gasteiger partial charge in [-0.05, 0) is 35.9 Å². The van der Waals surface area contributed by atoms with Gasteiger partial charge in [0, 0.05) is 21.4 Å². The molecule has 7 nitrogen and oxygen atoms in total. The van der Waals surface area contributed by atoms with Gasteiger partial charge in [0.15, 0.2) is 11.4 Å². The number of carbonyl (C=O) groups excluding carboxylic acids is 2. The number of nitrogens with one attached hydrogen (secondary N) is 2. The molecule has 3 aromatic rings. The van der Waals surface area contributed by atoms with Gasteiger partial charge in [-0.1, -0.05) is 28.1 Å². The summed E-state index contributed by atoms with van der Waals surface area (Å²) >= 11 is 3.37. The van der Waals surface area contributed by atoms with Gasteiger partial charge >= 0.3 is 6.03 Å². The van der Waals surface area contributed by atoms with Crippen LogP contribution in [0.15, 0.2) is 53.1 Å². The number of hydrogen-bond donors (Lipinski definition) is 3. The topological polar surface area (TPSA) is 92.6 Å². The number of fused-ring (bicyclic) bond motifs is 1. The molecule has 0 bridgehead atoms. The van der Waals surface area contributed by atoms with Gasteiger partial charge in [-0.2, -0.15) is 0 Å². The molecule has 1 fully saturated rings. The third kappa shape index (κ3) is 2.82. The number of ether oxygens (including phenoxy) is 1. The average molecular weight is 430 g/mol. The number of methoxy groups -OCH3 is 1. The Morgan fingerprint density at radius 3 is 2.56 bits per heavy atom. The van der Waals surface area contributed by atoms with Crippen LogP contribution in [0.5, 0.6) is 11.6 Å². The molecule has 27 heavy (non-hydrogen) atoms. The molecule has 138 valence electrons. The zero-order valence-corrected chi connectivity index (χ0v) is 15.9. The molecule has 1 saturated heterocycles. The zero-order valence-electron chi connectivity index (χ0n) is 14.3. The molecule has 3 amide bonds. The summed E-state index contributed by atoms with van der Waals surface area (Å²) in [4.78, 5) is 24.6. The Balaban J connectivity index is 1.82. The van der Waals surface area contributed by atoms with Crippen LogP contribution in [0.2, 0.25) is 0 Å². The second-order valence-electron chi connectivity index (χ2n) is 6.35. The Kier molecular flexibility index (Phi) is 4.07. The van der Waals surface area contributed by atoms with Gasteiger partial charge in [-0.25, -0.2) is 4.79 Å². The van der Waals surface area contributed by atoms with Crippen LogP contribution in [0.1, 0.15) is 5.56 Å². The van der Waals surface area contributed by atoms with Crippen LogP contribution in [-0.4, -0.2) is 28.7 Å². The molecule has 8 heteroatoms. The molecule has 1 aliphatic rings. The van der Waals surface area contributed by atoms with Crippen LogP contribution < -0.4 is 15.4 Å². The first-order valence-electron chi connectivity index (χ1n) is 8.18. The molecular weight excluding hydrogens is 414 g/mol. The predicted octanol–water partition coefficient (Wildman–Crippen LogP) is 2.85. The van der Waals surface area contributed by atoms with Crippen molar-refractivity contribution in [2.45, 2.75) is 12.1 Å². The maximum absolute atomic E-state index is 12.7. The summed E-state index contributed by atoms with van der Waals surface area (Å²) in [6.45, 7) is 0.0367. The Labute approximate surface area is 163 Å². The van der Waals surface area contributed by atoms with E-state index in [0.29, 0.717) is 16.7 Å². The summed E-state index contributed by atoms with van der Waals surface area (Å²) in [5.41, 5.74) is -0.710. The summed E-state index contributed by atoms with van der Waals surface area (Å²) in [5.74, 6) is 0.143. The molecule has 1 unspecified atom stereocenters. The molecule has 0 saturated carbocycles. The van der Waals surface area contributed by atoms with E-state index in [-0.39, 0.29) is 12.4 Å². The van der Waals surface area contributed by atoms with Gasteiger partial charge in [0.1, 0.15) is 5.75 Å². The van der Waals surface area contributed by atoms with E-state index in [9.17, 15) is 14.7 Å². The lowest BCUT2D eigenvalue weighted by atomic mass is 9.90. The van der Waals surface area contributed by atoms with E-state index in [4.69, 9.17) is 4.74 Å². The van der Waals surface area contributed by atoms with Gasteiger partial charge in [-0.15, -0.1) is 0 Å². The molecule has 1 aromatic heterocycles. The van der Waals surface area contributed by atoms with Crippen molar-refractivity contribution < 1.29 is 19.4 Å². The van der Waals surface area contributed by atoms with Crippen LogP contribution in [0.4, 0.5) is 4.79 Å². The standard InChI is InChI=1S/C19H16BrN3O4/c1-27-14-7-2-11-9-23(16(24)15(11)8-14)10-19(17(25)21-18(26)22-19)12-3-5-13(20)6-4-12/h2-9,24H,10H2,1H3,(H2,21,22,25,26). The number of hydrogen-bond acceptors (Lipinski definition) is 4. The fraction of sp³-hybridized carbons (Fsp3) is 0.158. The van der Waals surface area contributed by atoms with E-state index in [2.05, 4.69) is 26.6 Å². The fourth-order valence-corrected chi connectivity index (χ4v) is 3.62. The molecular formula is C19H16BrN3O4. The first-order valence-corrected chi connectivity index (χ1v) is 8.98. The molecule has 4 rings (SSSR count). The van der Waals surface area contributed by atoms with Crippen molar-refractivity contribution in [2.24, 2.45) is 0 Å². The highest BCUT2D eigenvalue weighted by Crippen LogP contribution is 2.35. The quantitative estimate of drug-likeness (QED) is 0.555. The minimum absolute atomic E-state index is 0.00524. The van der Waals surface area contributed by atoms with Gasteiger partial charge < -0.3 is 19.7 Å². The Morgan fingerprint density at radius 1 is 1.19 bits per heavy atom. The van der Waals surface area contributed by atoms with Crippen LogP contribution in [0.3, 0.4) is 0 Å². The number of benzene rings is 2. The van der Waals surface area contributed by atoms with E-state index in [1.54, 1.807) is 54.3 Å². The minimum atomic E-state index is -1.33. The van der Waals surface area contributed by atoms with Crippen LogP contribution in [0.25, 0.3) is 10.8 Å². The first kappa shape index (κ1) is 17.4. The third-order valence-electron chi connectivity index (χ3n) is 4.75. The molecule has 2 heterocycles. The highest BCUT2D eigenvalue weighted by Gasteiger charge is 2.48. The monoisotopic (exact) mass is 429 g/mol. The van der Waals surface area contributed by atoms with Crippen molar-refractivity contribution in [2.75, 3.05) is 7.11 Å². The Hall–Kier alpha value is -3.00. The number of rotatable bonds is 4. The molecule has 0 radical (unpaired) electrons. The minimum Gasteiger partial charge on any atom is -0.497 e. The summed E-state index contributed by atoms with van der Waals surface area (Å²) in [6.07, 6.45) is 1.74. The normalized spacial score (nSPS) is 19.2. The Morgan fingerprint density at radius 2 is 1.93 bits per heavy atom. The van der Waals surface area contributed by atoms with E-state index < -0.39 is 17.5 Å². The third-order valence-corrected chi connectivity index (χ3v) is 5.28. The summed E-state index contributed by atoms with van der Waals surface area (Å²) in [5, 5.41) is 17.1. The van der Waals surface area contributed by atoms with Crippen LogP contribution >= 0.6 is 15.9 Å². The maximum Gasteiger partial charge on any atom is 0.322 e. The van der Waals surface area contributed by atoms with Gasteiger partial charge in [0.25, 0.3) is 5.91 Å². The number of aromatic hydroxyl groups is 1. The second kappa shape index (κ2) is 6.31. The maximum atomic E-state index is 12.7. The molecule has 0 spiro atoms. The first-order chi connectivity index (χ1) is 12.9. The molecule has 2 aromatic carbocycles. The zero-order chi connectivity index (χ0) is 19.2. The number of aromatic nitrogens is 1. The summed E-state index contributed by atoms with van der Waals surface area (Å²) in [7, 11) is 1.55. The van der Waals surface area contributed by atoms with Crippen molar-refractivity contribution >= 4 is 38.6 Å². The highest BCUT2D eigenvalue weighted by molar-refractivity contribution is 9.10. The summed E-state index contributed by atoms with van der Waals surface area (Å²) < 4.78 is 7.61. The van der Waals surface area contributed by atoms with Crippen LogP contribution in [-0.2, 0) is 16.9 Å². The van der Waals surface area contributed by atoms with Crippen molar-refractivity contribution in [3.8, 4) is 11.6 Å². The average Bonchev–Trinajstić information content (AvgIpc) is 3.12. The Bertz CT molecular complexity index is 1060. The van der Waals surface area contributed by atoms with Crippen molar-refractivity contribution in [1.29, 1.82) is 0 Å². The van der Waals surface area contributed by atoms with Gasteiger partial charge in [0.05, 0.1) is 13.7 Å². The van der Waals surface area contributed by atoms with Crippen molar-refractivity contribution in [3.05, 3.63) is 58.7 Å². The largest absolute Gasteiger partial charge is 0.497 e. The smallest absolute Gasteiger partial charge is 0.322 e. The molecule has 0 aliphatic carbocycles. The number of carbonyl (C=O) groups is 2. The van der Waals surface area contributed by atoms with Crippen molar-refractivity contribution in [3.63, 3.8) is 0 Å². The molecule has 1 atom stereocenters. The van der Waals surface area contributed by atoms with E-state index in [1.807, 2.05) is 6.07 Å². The highest BCUT2D eigenvalue weighted by atomic mass is 79.9. The molecule has 1 aliphatic heterocycles. The lowest BCUT2D eigenvalue weighted by Crippen LogP contribution is -2.47. The fourth-order valence-electron chi connectivity index (χ4n) is 3.36. The lowest BCUT2D eigenvalue weighted by Gasteiger charge is -2.27. The number of imide groups is 1. The van der Waals surface area contributed by atoms with Gasteiger partial charge in [0.2, 0.25) is 0 Å². The molecule has 3 N–H and O–H groups in total. The summed E-state index contributed by atoms with van der Waals surface area (Å²) in [6, 6.07) is 11.9.